The Hall–Kier alpha value is -0.610. The van der Waals surface area contributed by atoms with E-state index < -0.39 is 17.6 Å². The molecular weight excluding hydrogens is 218 g/mol. The van der Waals surface area contributed by atoms with Gasteiger partial charge in [0.05, 0.1) is 0 Å². The van der Waals surface area contributed by atoms with Crippen molar-refractivity contribution in [2.45, 2.75) is 69.9 Å². The Labute approximate surface area is 103 Å². The molecule has 1 fully saturated rings. The first-order valence-electron chi connectivity index (χ1n) is 6.72. The zero-order valence-electron chi connectivity index (χ0n) is 10.7. The van der Waals surface area contributed by atoms with E-state index in [4.69, 9.17) is 10.8 Å². The highest BCUT2D eigenvalue weighted by Gasteiger charge is 2.42. The second-order valence-corrected chi connectivity index (χ2v) is 5.33. The van der Waals surface area contributed by atoms with Gasteiger partial charge in [0.25, 0.3) is 0 Å². The number of hydrogen-bond donors (Lipinski definition) is 3. The minimum Gasteiger partial charge on any atom is -0.479 e. The molecule has 0 aromatic heterocycles. The molecule has 0 aromatic rings. The van der Waals surface area contributed by atoms with E-state index in [1.165, 1.54) is 19.3 Å². The van der Waals surface area contributed by atoms with Crippen molar-refractivity contribution in [1.29, 1.82) is 0 Å². The number of nitrogens with two attached hydrogens (primary N) is 1. The van der Waals surface area contributed by atoms with Gasteiger partial charge in [-0.25, -0.2) is 4.79 Å². The number of carbonyl (C=O) groups is 1. The van der Waals surface area contributed by atoms with Gasteiger partial charge in [0.1, 0.15) is 0 Å². The Morgan fingerprint density at radius 1 is 1.41 bits per heavy atom. The molecule has 0 saturated heterocycles. The van der Waals surface area contributed by atoms with Crippen LogP contribution in [0.25, 0.3) is 0 Å². The Morgan fingerprint density at radius 2 is 2.00 bits per heavy atom. The monoisotopic (exact) mass is 243 g/mol. The van der Waals surface area contributed by atoms with E-state index in [1.807, 2.05) is 6.92 Å². The summed E-state index contributed by atoms with van der Waals surface area (Å²) in [5.41, 5.74) is 4.20. The smallest absolute Gasteiger partial charge is 0.337 e. The summed E-state index contributed by atoms with van der Waals surface area (Å²) < 4.78 is 0. The van der Waals surface area contributed by atoms with Gasteiger partial charge in [-0.3, -0.25) is 0 Å². The van der Waals surface area contributed by atoms with Gasteiger partial charge in [-0.05, 0) is 18.8 Å². The number of aliphatic hydroxyl groups is 1. The van der Waals surface area contributed by atoms with E-state index >= 15 is 0 Å². The van der Waals surface area contributed by atoms with Crippen molar-refractivity contribution < 1.29 is 15.0 Å². The first-order valence-corrected chi connectivity index (χ1v) is 6.72. The van der Waals surface area contributed by atoms with E-state index in [-0.39, 0.29) is 6.42 Å². The van der Waals surface area contributed by atoms with Gasteiger partial charge in [-0.2, -0.15) is 0 Å². The number of carboxylic acid groups (broad SMARTS) is 1. The predicted molar refractivity (Wildman–Crippen MR) is 66.7 cm³/mol. The fourth-order valence-electron chi connectivity index (χ4n) is 2.81. The van der Waals surface area contributed by atoms with E-state index in [9.17, 15) is 9.90 Å². The summed E-state index contributed by atoms with van der Waals surface area (Å²) in [4.78, 5) is 11.2. The van der Waals surface area contributed by atoms with Crippen LogP contribution in [-0.2, 0) is 4.79 Å². The summed E-state index contributed by atoms with van der Waals surface area (Å²) in [6.07, 6.45) is 7.41. The molecule has 4 heteroatoms. The molecule has 2 unspecified atom stereocenters. The molecule has 0 bridgehead atoms. The highest BCUT2D eigenvalue weighted by atomic mass is 16.4. The molecule has 0 radical (unpaired) electrons. The lowest BCUT2D eigenvalue weighted by Crippen LogP contribution is -2.54. The van der Waals surface area contributed by atoms with E-state index in [0.717, 1.165) is 12.8 Å². The number of carboxylic acids is 1. The van der Waals surface area contributed by atoms with Crippen molar-refractivity contribution >= 4 is 5.97 Å². The van der Waals surface area contributed by atoms with E-state index in [1.54, 1.807) is 0 Å². The SMILES string of the molecule is CCCC(O)(C(=O)O)C(N)CC1CCCCC1. The van der Waals surface area contributed by atoms with Crippen LogP contribution in [0.2, 0.25) is 0 Å². The zero-order chi connectivity index (χ0) is 12.9. The molecule has 1 saturated carbocycles. The molecule has 100 valence electrons. The zero-order valence-corrected chi connectivity index (χ0v) is 10.7. The van der Waals surface area contributed by atoms with Crippen LogP contribution in [0.3, 0.4) is 0 Å². The molecule has 0 spiro atoms. The minimum atomic E-state index is -1.74. The average molecular weight is 243 g/mol. The molecule has 0 aromatic carbocycles. The molecule has 17 heavy (non-hydrogen) atoms. The second kappa shape index (κ2) is 6.36. The fraction of sp³-hybridized carbons (Fsp3) is 0.923. The lowest BCUT2D eigenvalue weighted by molar-refractivity contribution is -0.162. The Kier molecular flexibility index (Phi) is 5.40. The van der Waals surface area contributed by atoms with Crippen LogP contribution in [0.5, 0.6) is 0 Å². The highest BCUT2D eigenvalue weighted by molar-refractivity contribution is 5.78. The van der Waals surface area contributed by atoms with Crippen molar-refractivity contribution in [3.63, 3.8) is 0 Å². The lowest BCUT2D eigenvalue weighted by atomic mass is 9.79. The second-order valence-electron chi connectivity index (χ2n) is 5.33. The number of aliphatic carboxylic acids is 1. The maximum atomic E-state index is 11.2. The van der Waals surface area contributed by atoms with Gasteiger partial charge >= 0.3 is 5.97 Å². The third-order valence-electron chi connectivity index (χ3n) is 3.93. The molecule has 1 aliphatic carbocycles. The van der Waals surface area contributed by atoms with Crippen molar-refractivity contribution in [1.82, 2.24) is 0 Å². The third kappa shape index (κ3) is 3.68. The molecule has 0 amide bonds. The molecule has 0 heterocycles. The molecule has 1 aliphatic rings. The largest absolute Gasteiger partial charge is 0.479 e. The van der Waals surface area contributed by atoms with Gasteiger partial charge in [-0.1, -0.05) is 45.4 Å². The van der Waals surface area contributed by atoms with E-state index in [2.05, 4.69) is 0 Å². The summed E-state index contributed by atoms with van der Waals surface area (Å²) in [5.74, 6) is -0.691. The Bertz CT molecular complexity index is 251. The van der Waals surface area contributed by atoms with Gasteiger partial charge in [0, 0.05) is 6.04 Å². The minimum absolute atomic E-state index is 0.232. The molecule has 1 rings (SSSR count). The Morgan fingerprint density at radius 3 is 2.47 bits per heavy atom. The van der Waals surface area contributed by atoms with E-state index in [0.29, 0.717) is 18.8 Å². The summed E-state index contributed by atoms with van der Waals surface area (Å²) in [6.45, 7) is 1.86. The van der Waals surface area contributed by atoms with Crippen molar-refractivity contribution in [2.75, 3.05) is 0 Å². The first-order chi connectivity index (χ1) is 8.00. The van der Waals surface area contributed by atoms with Crippen LogP contribution < -0.4 is 5.73 Å². The first kappa shape index (κ1) is 14.5. The summed E-state index contributed by atoms with van der Waals surface area (Å²) >= 11 is 0. The molecule has 4 N–H and O–H groups in total. The van der Waals surface area contributed by atoms with Gasteiger partial charge < -0.3 is 15.9 Å². The van der Waals surface area contributed by atoms with Crippen molar-refractivity contribution in [3.05, 3.63) is 0 Å². The molecule has 2 atom stereocenters. The topological polar surface area (TPSA) is 83.5 Å². The average Bonchev–Trinajstić information content (AvgIpc) is 2.30. The normalized spacial score (nSPS) is 23.0. The van der Waals surface area contributed by atoms with Crippen molar-refractivity contribution in [2.24, 2.45) is 11.7 Å². The standard InChI is InChI=1S/C13H25NO3/c1-2-8-13(17,12(15)16)11(14)9-10-6-4-3-5-7-10/h10-11,17H,2-9,14H2,1H3,(H,15,16). The van der Waals surface area contributed by atoms with Crippen LogP contribution in [0.15, 0.2) is 0 Å². The quantitative estimate of drug-likeness (QED) is 0.665. The van der Waals surface area contributed by atoms with Gasteiger partial charge in [0.15, 0.2) is 5.60 Å². The molecule has 4 nitrogen and oxygen atoms in total. The van der Waals surface area contributed by atoms with Crippen LogP contribution in [0.4, 0.5) is 0 Å². The number of rotatable bonds is 6. The summed E-state index contributed by atoms with van der Waals surface area (Å²) in [6, 6.07) is -0.650. The highest BCUT2D eigenvalue weighted by Crippen LogP contribution is 2.30. The number of hydrogen-bond acceptors (Lipinski definition) is 3. The van der Waals surface area contributed by atoms with Crippen molar-refractivity contribution in [3.8, 4) is 0 Å². The lowest BCUT2D eigenvalue weighted by Gasteiger charge is -2.33. The van der Waals surface area contributed by atoms with Crippen LogP contribution in [0.1, 0.15) is 58.3 Å². The van der Waals surface area contributed by atoms with Crippen LogP contribution in [-0.4, -0.2) is 27.8 Å². The Balaban J connectivity index is 2.57. The maximum absolute atomic E-state index is 11.2. The molecule has 0 aliphatic heterocycles. The predicted octanol–water partition coefficient (Wildman–Crippen LogP) is 1.90. The molecular formula is C13H25NO3. The fourth-order valence-corrected chi connectivity index (χ4v) is 2.81. The van der Waals surface area contributed by atoms with Gasteiger partial charge in [-0.15, -0.1) is 0 Å². The van der Waals surface area contributed by atoms with Gasteiger partial charge in [0.2, 0.25) is 0 Å². The summed E-state index contributed by atoms with van der Waals surface area (Å²) in [5, 5.41) is 19.3. The van der Waals surface area contributed by atoms with Crippen LogP contribution >= 0.6 is 0 Å². The van der Waals surface area contributed by atoms with Crippen LogP contribution in [0, 0.1) is 5.92 Å². The summed E-state index contributed by atoms with van der Waals surface area (Å²) in [7, 11) is 0. The third-order valence-corrected chi connectivity index (χ3v) is 3.93. The maximum Gasteiger partial charge on any atom is 0.337 e.